The number of phenols is 2. The first-order valence-electron chi connectivity index (χ1n) is 14.8. The Morgan fingerprint density at radius 1 is 0.956 bits per heavy atom. The molecule has 0 bridgehead atoms. The number of phenolic OH excluding ortho intramolecular Hbond substituents is 2. The Hall–Kier alpha value is -5.51. The van der Waals surface area contributed by atoms with Crippen LogP contribution < -0.4 is 20.3 Å². The van der Waals surface area contributed by atoms with Crippen LogP contribution in [0, 0.1) is 0 Å². The lowest BCUT2D eigenvalue weighted by Gasteiger charge is -2.19. The normalized spacial score (nSPS) is 12.8. The van der Waals surface area contributed by atoms with E-state index in [1.54, 1.807) is 54.7 Å². The molecular weight excluding hydrogens is 574 g/mol. The molecule has 0 unspecified atom stereocenters. The molecule has 0 aliphatic carbocycles. The molecule has 1 aliphatic heterocycles. The van der Waals surface area contributed by atoms with Crippen LogP contribution in [0.4, 0.5) is 0 Å². The number of fused-ring (bicyclic) bond motifs is 2. The number of benzene rings is 3. The van der Waals surface area contributed by atoms with E-state index < -0.39 is 17.4 Å². The molecule has 0 saturated carbocycles. The molecule has 45 heavy (non-hydrogen) atoms. The summed E-state index contributed by atoms with van der Waals surface area (Å²) in [4.78, 5) is 31.0. The molecule has 1 atom stereocenters. The van der Waals surface area contributed by atoms with Gasteiger partial charge in [0.25, 0.3) is 5.56 Å². The first-order chi connectivity index (χ1) is 21.9. The molecule has 5 aromatic rings. The Bertz CT molecular complexity index is 1900. The fraction of sp³-hybridized carbons (Fsp3) is 0.229. The minimum absolute atomic E-state index is 0.0200. The van der Waals surface area contributed by atoms with Gasteiger partial charge in [-0.25, -0.2) is 0 Å². The van der Waals surface area contributed by atoms with Crippen LogP contribution in [0.3, 0.4) is 0 Å². The highest BCUT2D eigenvalue weighted by atomic mass is 16.5. The molecule has 3 heterocycles. The van der Waals surface area contributed by atoms with Crippen molar-refractivity contribution >= 4 is 11.6 Å². The predicted octanol–water partition coefficient (Wildman–Crippen LogP) is 4.25. The van der Waals surface area contributed by atoms with Crippen molar-refractivity contribution in [3.05, 3.63) is 123 Å². The summed E-state index contributed by atoms with van der Waals surface area (Å²) in [6.07, 6.45) is 3.52. The third-order valence-corrected chi connectivity index (χ3v) is 7.96. The minimum atomic E-state index is -0.789. The number of nitrogens with one attached hydrogen (secondary N) is 1. The van der Waals surface area contributed by atoms with Crippen molar-refractivity contribution in [1.29, 1.82) is 0 Å². The average Bonchev–Trinajstić information content (AvgIpc) is 3.51. The third kappa shape index (κ3) is 6.70. The second-order valence-electron chi connectivity index (χ2n) is 11.0. The number of nitrogens with zero attached hydrogens (tertiary/aromatic N) is 2. The minimum Gasteiger partial charge on any atom is -0.504 e. The lowest BCUT2D eigenvalue weighted by molar-refractivity contribution is -0.121. The molecule has 0 fully saturated rings. The highest BCUT2D eigenvalue weighted by molar-refractivity contribution is 5.77. The maximum Gasteiger partial charge on any atom is 0.265 e. The monoisotopic (exact) mass is 607 g/mol. The van der Waals surface area contributed by atoms with E-state index in [1.807, 2.05) is 12.1 Å². The SMILES string of the molecule is O=C(C[C@@H](c1ccc(OCCc2ccc3c(c2)CCO3)cc1)c1c(O)nc2ccccn2c1=O)NCCc1ccc(O)c(O)c1. The van der Waals surface area contributed by atoms with E-state index in [1.165, 1.54) is 27.7 Å². The second kappa shape index (κ2) is 13.0. The zero-order valence-corrected chi connectivity index (χ0v) is 24.5. The maximum atomic E-state index is 13.6. The van der Waals surface area contributed by atoms with Crippen molar-refractivity contribution in [2.24, 2.45) is 0 Å². The molecular formula is C35H33N3O7. The summed E-state index contributed by atoms with van der Waals surface area (Å²) in [5.41, 5.74) is 3.62. The molecule has 3 aromatic carbocycles. The molecule has 1 aliphatic rings. The highest BCUT2D eigenvalue weighted by Crippen LogP contribution is 2.32. The fourth-order valence-corrected chi connectivity index (χ4v) is 5.59. The van der Waals surface area contributed by atoms with Gasteiger partial charge in [0.2, 0.25) is 11.8 Å². The van der Waals surface area contributed by atoms with Gasteiger partial charge in [-0.3, -0.25) is 14.0 Å². The Morgan fingerprint density at radius 3 is 2.58 bits per heavy atom. The number of amides is 1. The Morgan fingerprint density at radius 2 is 1.76 bits per heavy atom. The molecule has 0 radical (unpaired) electrons. The highest BCUT2D eigenvalue weighted by Gasteiger charge is 2.26. The van der Waals surface area contributed by atoms with Crippen LogP contribution in [0.1, 0.15) is 40.2 Å². The van der Waals surface area contributed by atoms with Crippen molar-refractivity contribution in [2.75, 3.05) is 19.8 Å². The fourth-order valence-electron chi connectivity index (χ4n) is 5.59. The Balaban J connectivity index is 1.18. The van der Waals surface area contributed by atoms with Crippen molar-refractivity contribution in [3.63, 3.8) is 0 Å². The van der Waals surface area contributed by atoms with Crippen LogP contribution in [0.15, 0.2) is 89.9 Å². The Kier molecular flexibility index (Phi) is 8.54. The molecule has 4 N–H and O–H groups in total. The van der Waals surface area contributed by atoms with Gasteiger partial charge in [0.15, 0.2) is 11.5 Å². The van der Waals surface area contributed by atoms with Gasteiger partial charge in [0.1, 0.15) is 17.1 Å². The van der Waals surface area contributed by atoms with Crippen molar-refractivity contribution in [2.45, 2.75) is 31.6 Å². The lowest BCUT2D eigenvalue weighted by atomic mass is 9.89. The van der Waals surface area contributed by atoms with Crippen LogP contribution in [-0.2, 0) is 24.1 Å². The van der Waals surface area contributed by atoms with Gasteiger partial charge in [0.05, 0.1) is 18.8 Å². The molecule has 230 valence electrons. The number of hydrogen-bond acceptors (Lipinski definition) is 8. The molecule has 0 saturated heterocycles. The van der Waals surface area contributed by atoms with E-state index in [-0.39, 0.29) is 35.9 Å². The van der Waals surface area contributed by atoms with E-state index in [9.17, 15) is 24.9 Å². The molecule has 0 spiro atoms. The number of hydrogen-bond donors (Lipinski definition) is 4. The summed E-state index contributed by atoms with van der Waals surface area (Å²) in [6.45, 7) is 1.45. The quantitative estimate of drug-likeness (QED) is 0.163. The first-order valence-corrected chi connectivity index (χ1v) is 14.8. The Labute approximate surface area is 259 Å². The number of aromatic hydroxyl groups is 3. The summed E-state index contributed by atoms with van der Waals surface area (Å²) in [7, 11) is 0. The van der Waals surface area contributed by atoms with Crippen LogP contribution >= 0.6 is 0 Å². The maximum absolute atomic E-state index is 13.6. The number of aromatic nitrogens is 2. The van der Waals surface area contributed by atoms with Gasteiger partial charge in [-0.15, -0.1) is 0 Å². The summed E-state index contributed by atoms with van der Waals surface area (Å²) < 4.78 is 12.9. The molecule has 2 aromatic heterocycles. The summed E-state index contributed by atoms with van der Waals surface area (Å²) in [6, 6.07) is 22.9. The smallest absolute Gasteiger partial charge is 0.265 e. The van der Waals surface area contributed by atoms with Crippen LogP contribution in [0.25, 0.3) is 5.65 Å². The van der Waals surface area contributed by atoms with Crippen molar-refractivity contribution in [1.82, 2.24) is 14.7 Å². The molecule has 10 heteroatoms. The second-order valence-corrected chi connectivity index (χ2v) is 11.0. The van der Waals surface area contributed by atoms with Crippen LogP contribution in [-0.4, -0.2) is 50.4 Å². The number of rotatable bonds is 11. The van der Waals surface area contributed by atoms with Gasteiger partial charge >= 0.3 is 0 Å². The molecule has 10 nitrogen and oxygen atoms in total. The van der Waals surface area contributed by atoms with Gasteiger partial charge in [-0.05, 0) is 71.1 Å². The van der Waals surface area contributed by atoms with Gasteiger partial charge < -0.3 is 30.1 Å². The standard InChI is InChI=1S/C35H33N3O7/c39-28-10-4-22(20-29(28)40)12-15-36-32(41)21-27(33-34(42)37-31-3-1-2-16-38(31)35(33)43)24-6-8-26(9-7-24)44-17-13-23-5-11-30-25(19-23)14-18-45-30/h1-11,16,19-20,27,39-40,42H,12-15,17-18,21H2,(H,36,41)/t27-/m0/s1. The largest absolute Gasteiger partial charge is 0.504 e. The zero-order valence-electron chi connectivity index (χ0n) is 24.5. The third-order valence-electron chi connectivity index (χ3n) is 7.96. The summed E-state index contributed by atoms with van der Waals surface area (Å²) in [5.74, 6) is -0.410. The van der Waals surface area contributed by atoms with E-state index in [2.05, 4.69) is 16.4 Å². The van der Waals surface area contributed by atoms with Gasteiger partial charge in [0, 0.05) is 37.9 Å². The number of ether oxygens (including phenoxy) is 2. The van der Waals surface area contributed by atoms with Crippen molar-refractivity contribution < 1.29 is 29.6 Å². The topological polar surface area (TPSA) is 143 Å². The van der Waals surface area contributed by atoms with E-state index >= 15 is 0 Å². The van der Waals surface area contributed by atoms with E-state index in [4.69, 9.17) is 9.47 Å². The van der Waals surface area contributed by atoms with Crippen LogP contribution in [0.5, 0.6) is 28.9 Å². The first kappa shape index (κ1) is 29.6. The van der Waals surface area contributed by atoms with Crippen molar-refractivity contribution in [3.8, 4) is 28.9 Å². The van der Waals surface area contributed by atoms with Gasteiger partial charge in [-0.1, -0.05) is 36.4 Å². The molecule has 6 rings (SSSR count). The molecule has 1 amide bonds. The van der Waals surface area contributed by atoms with E-state index in [0.29, 0.717) is 30.0 Å². The predicted molar refractivity (Wildman–Crippen MR) is 167 cm³/mol. The zero-order chi connectivity index (χ0) is 31.3. The number of carbonyl (C=O) groups is 1. The van der Waals surface area contributed by atoms with Gasteiger partial charge in [-0.2, -0.15) is 4.98 Å². The number of carbonyl (C=O) groups excluding carboxylic acids is 1. The number of pyridine rings is 1. The van der Waals surface area contributed by atoms with E-state index in [0.717, 1.165) is 30.8 Å². The average molecular weight is 608 g/mol. The summed E-state index contributed by atoms with van der Waals surface area (Å²) >= 11 is 0. The summed E-state index contributed by atoms with van der Waals surface area (Å²) in [5, 5.41) is 33.0. The lowest BCUT2D eigenvalue weighted by Crippen LogP contribution is -2.30. The van der Waals surface area contributed by atoms with Crippen LogP contribution in [0.2, 0.25) is 0 Å².